The van der Waals surface area contributed by atoms with E-state index in [1.54, 1.807) is 29.5 Å². The van der Waals surface area contributed by atoms with Gasteiger partial charge in [0.2, 0.25) is 5.88 Å². The second kappa shape index (κ2) is 7.92. The number of thiazole rings is 1. The van der Waals surface area contributed by atoms with Gasteiger partial charge in [-0.05, 0) is 26.3 Å². The number of hydrogen-bond acceptors (Lipinski definition) is 5. The number of rotatable bonds is 6. The van der Waals surface area contributed by atoms with Crippen LogP contribution in [0.1, 0.15) is 30.1 Å². The van der Waals surface area contributed by atoms with Crippen LogP contribution in [-0.4, -0.2) is 34.1 Å². The zero-order valence-corrected chi connectivity index (χ0v) is 14.7. The number of urea groups is 1. The van der Waals surface area contributed by atoms with Crippen LogP contribution in [0.5, 0.6) is 5.88 Å². The van der Waals surface area contributed by atoms with Crippen molar-refractivity contribution in [2.45, 2.75) is 40.0 Å². The second-order valence-electron chi connectivity index (χ2n) is 5.54. The molecule has 1 N–H and O–H groups in total. The summed E-state index contributed by atoms with van der Waals surface area (Å²) in [5, 5.41) is 5.84. The Labute approximate surface area is 140 Å². The Morgan fingerprint density at radius 3 is 2.78 bits per heavy atom. The van der Waals surface area contributed by atoms with Crippen molar-refractivity contribution in [1.29, 1.82) is 0 Å². The predicted molar refractivity (Wildman–Crippen MR) is 90.6 cm³/mol. The summed E-state index contributed by atoms with van der Waals surface area (Å²) >= 11 is 1.58. The maximum absolute atomic E-state index is 12.1. The van der Waals surface area contributed by atoms with Gasteiger partial charge in [-0.1, -0.05) is 6.07 Å². The molecule has 0 spiro atoms. The fourth-order valence-corrected chi connectivity index (χ4v) is 2.54. The molecule has 6 nitrogen and oxygen atoms in total. The molecule has 0 saturated carbocycles. The number of carbonyl (C=O) groups is 1. The predicted octanol–water partition coefficient (Wildman–Crippen LogP) is 2.98. The summed E-state index contributed by atoms with van der Waals surface area (Å²) in [4.78, 5) is 22.3. The molecule has 0 bridgehead atoms. The number of nitrogens with zero attached hydrogens (tertiary/aromatic N) is 3. The molecule has 0 unspecified atom stereocenters. The van der Waals surface area contributed by atoms with Gasteiger partial charge in [-0.2, -0.15) is 0 Å². The van der Waals surface area contributed by atoms with E-state index in [4.69, 9.17) is 4.74 Å². The van der Waals surface area contributed by atoms with Gasteiger partial charge in [-0.25, -0.2) is 14.8 Å². The third kappa shape index (κ3) is 5.52. The first-order valence-corrected chi connectivity index (χ1v) is 8.33. The van der Waals surface area contributed by atoms with Crippen molar-refractivity contribution >= 4 is 17.4 Å². The lowest BCUT2D eigenvalue weighted by atomic mass is 10.3. The number of hydrogen-bond donors (Lipinski definition) is 1. The maximum atomic E-state index is 12.1. The quantitative estimate of drug-likeness (QED) is 0.882. The molecule has 2 aromatic rings. The molecule has 0 aromatic carbocycles. The molecule has 0 aliphatic rings. The van der Waals surface area contributed by atoms with Crippen LogP contribution >= 0.6 is 11.3 Å². The van der Waals surface area contributed by atoms with Crippen molar-refractivity contribution < 1.29 is 9.53 Å². The number of nitrogens with one attached hydrogen (secondary N) is 1. The zero-order valence-electron chi connectivity index (χ0n) is 13.9. The Morgan fingerprint density at radius 2 is 2.22 bits per heavy atom. The highest BCUT2D eigenvalue weighted by molar-refractivity contribution is 7.09. The number of ether oxygens (including phenoxy) is 1. The third-order valence-electron chi connectivity index (χ3n) is 3.01. The molecule has 0 aliphatic carbocycles. The minimum atomic E-state index is -0.141. The average molecular weight is 334 g/mol. The Bertz CT molecular complexity index is 640. The lowest BCUT2D eigenvalue weighted by molar-refractivity contribution is 0.206. The van der Waals surface area contributed by atoms with Gasteiger partial charge in [-0.3, -0.25) is 0 Å². The molecule has 2 amide bonds. The average Bonchev–Trinajstić information content (AvgIpc) is 2.90. The summed E-state index contributed by atoms with van der Waals surface area (Å²) in [5.41, 5.74) is 1.83. The Hall–Kier alpha value is -2.15. The van der Waals surface area contributed by atoms with Gasteiger partial charge in [0, 0.05) is 31.2 Å². The van der Waals surface area contributed by atoms with Crippen molar-refractivity contribution in [2.24, 2.45) is 0 Å². The molecule has 0 saturated heterocycles. The van der Waals surface area contributed by atoms with E-state index in [0.717, 1.165) is 16.3 Å². The number of aromatic nitrogens is 2. The highest BCUT2D eigenvalue weighted by Crippen LogP contribution is 2.11. The van der Waals surface area contributed by atoms with E-state index in [2.05, 4.69) is 15.3 Å². The summed E-state index contributed by atoms with van der Waals surface area (Å²) < 4.78 is 5.49. The first-order chi connectivity index (χ1) is 10.9. The SMILES string of the molecule is Cc1nc(CN(C)C(=O)NCc2ccc(OC(C)C)nc2)cs1. The van der Waals surface area contributed by atoms with Gasteiger partial charge in [0.1, 0.15) is 0 Å². The smallest absolute Gasteiger partial charge is 0.317 e. The summed E-state index contributed by atoms with van der Waals surface area (Å²) in [6, 6.07) is 3.57. The number of amides is 2. The van der Waals surface area contributed by atoms with E-state index in [-0.39, 0.29) is 12.1 Å². The fourth-order valence-electron chi connectivity index (χ4n) is 1.93. The van der Waals surface area contributed by atoms with Crippen LogP contribution in [0.3, 0.4) is 0 Å². The Balaban J connectivity index is 1.81. The first kappa shape index (κ1) is 17.2. The van der Waals surface area contributed by atoms with E-state index in [0.29, 0.717) is 19.0 Å². The van der Waals surface area contributed by atoms with Crippen molar-refractivity contribution in [2.75, 3.05) is 7.05 Å². The maximum Gasteiger partial charge on any atom is 0.317 e. The molecule has 0 atom stereocenters. The molecule has 0 radical (unpaired) electrons. The van der Waals surface area contributed by atoms with Crippen molar-refractivity contribution in [3.8, 4) is 5.88 Å². The Kier molecular flexibility index (Phi) is 5.92. The van der Waals surface area contributed by atoms with Crippen molar-refractivity contribution in [3.05, 3.63) is 40.0 Å². The van der Waals surface area contributed by atoms with E-state index >= 15 is 0 Å². The second-order valence-corrected chi connectivity index (χ2v) is 6.61. The number of carbonyl (C=O) groups excluding carboxylic acids is 1. The van der Waals surface area contributed by atoms with Gasteiger partial charge >= 0.3 is 6.03 Å². The van der Waals surface area contributed by atoms with E-state index in [1.165, 1.54) is 0 Å². The molecule has 7 heteroatoms. The van der Waals surface area contributed by atoms with Gasteiger partial charge in [0.25, 0.3) is 0 Å². The van der Waals surface area contributed by atoms with Crippen LogP contribution in [0.4, 0.5) is 4.79 Å². The largest absolute Gasteiger partial charge is 0.475 e. The minimum Gasteiger partial charge on any atom is -0.475 e. The number of aryl methyl sites for hydroxylation is 1. The van der Waals surface area contributed by atoms with Gasteiger partial charge in [0.05, 0.1) is 23.4 Å². The summed E-state index contributed by atoms with van der Waals surface area (Å²) in [6.07, 6.45) is 1.80. The van der Waals surface area contributed by atoms with E-state index in [9.17, 15) is 4.79 Å². The highest BCUT2D eigenvalue weighted by atomic mass is 32.1. The lowest BCUT2D eigenvalue weighted by Crippen LogP contribution is -2.36. The monoisotopic (exact) mass is 334 g/mol. The standard InChI is InChI=1S/C16H22N4O2S/c1-11(2)22-15-6-5-13(7-17-15)8-18-16(21)20(4)9-14-10-23-12(3)19-14/h5-7,10-11H,8-9H2,1-4H3,(H,18,21). The van der Waals surface area contributed by atoms with Crippen LogP contribution in [0.25, 0.3) is 0 Å². The molecule has 2 aromatic heterocycles. The van der Waals surface area contributed by atoms with Gasteiger partial charge in [0.15, 0.2) is 0 Å². The molecule has 124 valence electrons. The molecule has 2 heterocycles. The van der Waals surface area contributed by atoms with Crippen LogP contribution in [0.2, 0.25) is 0 Å². The first-order valence-electron chi connectivity index (χ1n) is 7.45. The topological polar surface area (TPSA) is 67.4 Å². The van der Waals surface area contributed by atoms with Crippen LogP contribution in [-0.2, 0) is 13.1 Å². The summed E-state index contributed by atoms with van der Waals surface area (Å²) in [7, 11) is 1.75. The molecule has 2 rings (SSSR count). The van der Waals surface area contributed by atoms with Crippen LogP contribution in [0, 0.1) is 6.92 Å². The third-order valence-corrected chi connectivity index (χ3v) is 3.83. The highest BCUT2D eigenvalue weighted by Gasteiger charge is 2.10. The molecule has 0 fully saturated rings. The summed E-state index contributed by atoms with van der Waals surface area (Å²) in [6.45, 7) is 6.78. The van der Waals surface area contributed by atoms with Crippen molar-refractivity contribution in [1.82, 2.24) is 20.2 Å². The Morgan fingerprint density at radius 1 is 1.43 bits per heavy atom. The van der Waals surface area contributed by atoms with Crippen LogP contribution in [0.15, 0.2) is 23.7 Å². The minimum absolute atomic E-state index is 0.0936. The lowest BCUT2D eigenvalue weighted by Gasteiger charge is -2.17. The van der Waals surface area contributed by atoms with E-state index in [1.807, 2.05) is 38.3 Å². The fraction of sp³-hybridized carbons (Fsp3) is 0.438. The number of pyridine rings is 1. The van der Waals surface area contributed by atoms with Gasteiger partial charge < -0.3 is 15.0 Å². The molecule has 0 aliphatic heterocycles. The van der Waals surface area contributed by atoms with Gasteiger partial charge in [-0.15, -0.1) is 11.3 Å². The molecular formula is C16H22N4O2S. The molecule has 23 heavy (non-hydrogen) atoms. The molecular weight excluding hydrogens is 312 g/mol. The van der Waals surface area contributed by atoms with Crippen molar-refractivity contribution in [3.63, 3.8) is 0 Å². The normalized spacial score (nSPS) is 10.7. The summed E-state index contributed by atoms with van der Waals surface area (Å²) in [5.74, 6) is 0.589. The zero-order chi connectivity index (χ0) is 16.8. The van der Waals surface area contributed by atoms with E-state index < -0.39 is 0 Å². The van der Waals surface area contributed by atoms with Crippen LogP contribution < -0.4 is 10.1 Å².